The maximum atomic E-state index is 12.9. The van der Waals surface area contributed by atoms with Gasteiger partial charge in [0.1, 0.15) is 5.58 Å². The number of hydrogen-bond acceptors (Lipinski definition) is 6. The van der Waals surface area contributed by atoms with Crippen molar-refractivity contribution in [2.75, 3.05) is 16.6 Å². The maximum Gasteiger partial charge on any atom is 0.363 e. The van der Waals surface area contributed by atoms with Crippen LogP contribution in [0.15, 0.2) is 62.6 Å². The average molecular weight is 438 g/mol. The summed E-state index contributed by atoms with van der Waals surface area (Å²) in [5, 5.41) is 12.9. The van der Waals surface area contributed by atoms with Gasteiger partial charge >= 0.3 is 5.63 Å². The second-order valence-corrected chi connectivity index (χ2v) is 9.44. The molecular weight excluding hydrogens is 414 g/mol. The van der Waals surface area contributed by atoms with E-state index in [0.29, 0.717) is 34.7 Å². The van der Waals surface area contributed by atoms with Gasteiger partial charge in [-0.3, -0.25) is 4.72 Å². The summed E-state index contributed by atoms with van der Waals surface area (Å²) in [7, 11) is -4.05. The average Bonchev–Trinajstić information content (AvgIpc) is 2.79. The van der Waals surface area contributed by atoms with Gasteiger partial charge in [0, 0.05) is 11.9 Å². The largest absolute Gasteiger partial charge is 0.421 e. The van der Waals surface area contributed by atoms with Gasteiger partial charge in [0.15, 0.2) is 5.69 Å². The zero-order chi connectivity index (χ0) is 21.8. The van der Waals surface area contributed by atoms with E-state index in [1.165, 1.54) is 43.5 Å². The molecule has 7 nitrogen and oxygen atoms in total. The molecule has 0 aliphatic heterocycles. The summed E-state index contributed by atoms with van der Waals surface area (Å²) in [5.74, 6) is 0.475. The van der Waals surface area contributed by atoms with Crippen molar-refractivity contribution in [2.24, 2.45) is 5.92 Å². The topological polar surface area (TPSA) is 112 Å². The van der Waals surface area contributed by atoms with E-state index < -0.39 is 15.6 Å². The SMILES string of the molecule is N#Cc1ccc(S(=O)(=O)Nc2c(NCC3CCCCC3)c3ccccc3oc2=O)cc1. The normalized spacial score (nSPS) is 14.8. The third-order valence-electron chi connectivity index (χ3n) is 5.64. The number of para-hydroxylation sites is 1. The smallest absolute Gasteiger partial charge is 0.363 e. The minimum Gasteiger partial charge on any atom is -0.421 e. The second-order valence-electron chi connectivity index (χ2n) is 7.76. The number of benzene rings is 2. The number of nitrogens with one attached hydrogen (secondary N) is 2. The molecule has 1 heterocycles. The zero-order valence-electron chi connectivity index (χ0n) is 16.9. The Morgan fingerprint density at radius 3 is 2.42 bits per heavy atom. The monoisotopic (exact) mass is 437 g/mol. The lowest BCUT2D eigenvalue weighted by molar-refractivity contribution is 0.373. The van der Waals surface area contributed by atoms with Crippen LogP contribution in [0.3, 0.4) is 0 Å². The molecule has 0 radical (unpaired) electrons. The van der Waals surface area contributed by atoms with Crippen LogP contribution in [-0.4, -0.2) is 15.0 Å². The highest BCUT2D eigenvalue weighted by Crippen LogP contribution is 2.32. The van der Waals surface area contributed by atoms with Gasteiger partial charge in [0.2, 0.25) is 0 Å². The Bertz CT molecular complexity index is 1290. The highest BCUT2D eigenvalue weighted by molar-refractivity contribution is 7.92. The summed E-state index contributed by atoms with van der Waals surface area (Å²) in [5.41, 5.74) is 0.259. The van der Waals surface area contributed by atoms with E-state index in [2.05, 4.69) is 10.0 Å². The van der Waals surface area contributed by atoms with Crippen LogP contribution in [0.5, 0.6) is 0 Å². The number of nitrogens with zero attached hydrogens (tertiary/aromatic N) is 1. The highest BCUT2D eigenvalue weighted by atomic mass is 32.2. The van der Waals surface area contributed by atoms with Crippen molar-refractivity contribution in [1.82, 2.24) is 0 Å². The standard InChI is InChI=1S/C23H23N3O4S/c24-14-16-10-12-18(13-11-16)31(28,29)26-22-21(25-15-17-6-2-1-3-7-17)19-8-4-5-9-20(19)30-23(22)27/h4-5,8-13,17,25-26H,1-3,6-7,15H2. The molecule has 0 bridgehead atoms. The third-order valence-corrected chi connectivity index (χ3v) is 7.00. The molecule has 0 unspecified atom stereocenters. The number of sulfonamides is 1. The minimum absolute atomic E-state index is 0.0442. The molecule has 1 aliphatic carbocycles. The van der Waals surface area contributed by atoms with Gasteiger partial charge in [-0.1, -0.05) is 31.4 Å². The predicted molar refractivity (Wildman–Crippen MR) is 120 cm³/mol. The molecule has 4 rings (SSSR count). The molecule has 0 spiro atoms. The van der Waals surface area contributed by atoms with Crippen molar-refractivity contribution in [1.29, 1.82) is 5.26 Å². The highest BCUT2D eigenvalue weighted by Gasteiger charge is 2.23. The van der Waals surface area contributed by atoms with Crippen molar-refractivity contribution < 1.29 is 12.8 Å². The van der Waals surface area contributed by atoms with Gasteiger partial charge in [-0.05, 0) is 55.2 Å². The van der Waals surface area contributed by atoms with E-state index in [4.69, 9.17) is 9.68 Å². The Hall–Kier alpha value is -3.31. The molecule has 8 heteroatoms. The molecule has 3 aromatic rings. The van der Waals surface area contributed by atoms with Gasteiger partial charge in [-0.15, -0.1) is 0 Å². The van der Waals surface area contributed by atoms with Crippen LogP contribution >= 0.6 is 0 Å². The van der Waals surface area contributed by atoms with Crippen LogP contribution in [0.2, 0.25) is 0 Å². The van der Waals surface area contributed by atoms with Crippen LogP contribution in [0.25, 0.3) is 11.0 Å². The quantitative estimate of drug-likeness (QED) is 0.551. The lowest BCUT2D eigenvalue weighted by Crippen LogP contribution is -2.23. The first-order valence-corrected chi connectivity index (χ1v) is 11.8. The fourth-order valence-corrected chi connectivity index (χ4v) is 5.03. The molecule has 2 aromatic carbocycles. The molecule has 1 aromatic heterocycles. The van der Waals surface area contributed by atoms with Crippen LogP contribution in [0, 0.1) is 17.2 Å². The van der Waals surface area contributed by atoms with Crippen LogP contribution < -0.4 is 15.7 Å². The van der Waals surface area contributed by atoms with E-state index in [0.717, 1.165) is 12.8 Å². The van der Waals surface area contributed by atoms with Crippen LogP contribution in [0.4, 0.5) is 11.4 Å². The number of fused-ring (bicyclic) bond motifs is 1. The molecule has 1 fully saturated rings. The van der Waals surface area contributed by atoms with Crippen molar-refractivity contribution >= 4 is 32.4 Å². The fraction of sp³-hybridized carbons (Fsp3) is 0.304. The molecule has 0 atom stereocenters. The van der Waals surface area contributed by atoms with Crippen LogP contribution in [0.1, 0.15) is 37.7 Å². The lowest BCUT2D eigenvalue weighted by Gasteiger charge is -2.23. The zero-order valence-corrected chi connectivity index (χ0v) is 17.7. The van der Waals surface area contributed by atoms with Gasteiger partial charge in [-0.2, -0.15) is 5.26 Å². The molecule has 0 amide bonds. The number of anilines is 2. The summed E-state index contributed by atoms with van der Waals surface area (Å²) in [6, 6.07) is 14.5. The van der Waals surface area contributed by atoms with Gasteiger partial charge < -0.3 is 9.73 Å². The lowest BCUT2D eigenvalue weighted by atomic mass is 9.89. The van der Waals surface area contributed by atoms with E-state index in [9.17, 15) is 13.2 Å². The van der Waals surface area contributed by atoms with E-state index >= 15 is 0 Å². The van der Waals surface area contributed by atoms with Crippen molar-refractivity contribution in [3.8, 4) is 6.07 Å². The summed E-state index contributed by atoms with van der Waals surface area (Å²) < 4.78 is 33.7. The van der Waals surface area contributed by atoms with E-state index in [1.807, 2.05) is 12.1 Å². The summed E-state index contributed by atoms with van der Waals surface area (Å²) in [6.07, 6.45) is 5.83. The molecule has 0 saturated heterocycles. The van der Waals surface area contributed by atoms with Crippen LogP contribution in [-0.2, 0) is 10.0 Å². The first-order chi connectivity index (χ1) is 15.0. The first kappa shape index (κ1) is 20.9. The second kappa shape index (κ2) is 8.82. The number of hydrogen-bond donors (Lipinski definition) is 2. The maximum absolute atomic E-state index is 12.9. The Labute approximate surface area is 180 Å². The third kappa shape index (κ3) is 4.57. The van der Waals surface area contributed by atoms with Crippen molar-refractivity contribution in [3.63, 3.8) is 0 Å². The van der Waals surface area contributed by atoms with Gasteiger partial charge in [0.05, 0.1) is 22.2 Å². The Balaban J connectivity index is 1.72. The van der Waals surface area contributed by atoms with Gasteiger partial charge in [-0.25, -0.2) is 13.2 Å². The Kier molecular flexibility index (Phi) is 5.96. The van der Waals surface area contributed by atoms with Gasteiger partial charge in [0.25, 0.3) is 10.0 Å². The molecule has 1 aliphatic rings. The number of nitriles is 1. The summed E-state index contributed by atoms with van der Waals surface area (Å²) in [6.45, 7) is 0.652. The first-order valence-electron chi connectivity index (χ1n) is 10.3. The minimum atomic E-state index is -4.05. The van der Waals surface area contributed by atoms with E-state index in [-0.39, 0.29) is 10.6 Å². The van der Waals surface area contributed by atoms with E-state index in [1.54, 1.807) is 18.2 Å². The number of rotatable bonds is 6. The Morgan fingerprint density at radius 1 is 1.00 bits per heavy atom. The summed E-state index contributed by atoms with van der Waals surface area (Å²) >= 11 is 0. The summed E-state index contributed by atoms with van der Waals surface area (Å²) in [4.78, 5) is 12.7. The Morgan fingerprint density at radius 2 is 1.71 bits per heavy atom. The molecule has 1 saturated carbocycles. The molecule has 31 heavy (non-hydrogen) atoms. The van der Waals surface area contributed by atoms with Crippen molar-refractivity contribution in [3.05, 3.63) is 64.5 Å². The molecular formula is C23H23N3O4S. The molecule has 2 N–H and O–H groups in total. The predicted octanol–water partition coefficient (Wildman–Crippen LogP) is 4.46. The van der Waals surface area contributed by atoms with Crippen molar-refractivity contribution in [2.45, 2.75) is 37.0 Å². The molecule has 160 valence electrons. The fourth-order valence-electron chi connectivity index (χ4n) is 3.97.